The maximum atomic E-state index is 13.8. The molecule has 0 spiro atoms. The van der Waals surface area contributed by atoms with Crippen LogP contribution in [0.2, 0.25) is 0 Å². The molecule has 1 fully saturated rings. The van der Waals surface area contributed by atoms with Gasteiger partial charge in [-0.2, -0.15) is 17.5 Å². The van der Waals surface area contributed by atoms with Crippen LogP contribution < -0.4 is 10.2 Å². The maximum absolute atomic E-state index is 13.8. The standard InChI is InChI=1S/C29H30F3N3O3S/c1-20-9-12-24(13-10-20)39(37,38)35-19-22-8-4-3-7-21(22)17-27(35)28(36)33-25-18-23(29(30,31)32)11-14-26(25)34-15-5-2-6-16-34/h3-4,7-14,18,27H,2,5-6,15-17,19H2,1H3,(H,33,36)/t27-/m0/s1. The molecule has 1 N–H and O–H groups in total. The number of halogens is 3. The quantitative estimate of drug-likeness (QED) is 0.433. The van der Waals surface area contributed by atoms with Gasteiger partial charge in [0.15, 0.2) is 0 Å². The molecule has 1 saturated heterocycles. The van der Waals surface area contributed by atoms with Gasteiger partial charge >= 0.3 is 6.18 Å². The molecule has 0 aliphatic carbocycles. The second-order valence-corrected chi connectivity index (χ2v) is 12.0. The van der Waals surface area contributed by atoms with E-state index >= 15 is 0 Å². The molecule has 206 valence electrons. The zero-order valence-electron chi connectivity index (χ0n) is 21.5. The van der Waals surface area contributed by atoms with E-state index in [1.807, 2.05) is 36.1 Å². The van der Waals surface area contributed by atoms with Crippen LogP contribution in [0.3, 0.4) is 0 Å². The van der Waals surface area contributed by atoms with Crippen LogP contribution in [-0.2, 0) is 34.0 Å². The van der Waals surface area contributed by atoms with E-state index in [4.69, 9.17) is 0 Å². The van der Waals surface area contributed by atoms with Crippen molar-refractivity contribution in [1.82, 2.24) is 4.31 Å². The summed E-state index contributed by atoms with van der Waals surface area (Å²) >= 11 is 0. The lowest BCUT2D eigenvalue weighted by Gasteiger charge is -2.36. The van der Waals surface area contributed by atoms with Gasteiger partial charge < -0.3 is 10.2 Å². The van der Waals surface area contributed by atoms with Gasteiger partial charge in [0.05, 0.1) is 21.8 Å². The van der Waals surface area contributed by atoms with E-state index in [-0.39, 0.29) is 23.5 Å². The molecule has 10 heteroatoms. The third kappa shape index (κ3) is 5.67. The molecule has 0 saturated carbocycles. The van der Waals surface area contributed by atoms with Crippen molar-refractivity contribution in [3.8, 4) is 0 Å². The highest BCUT2D eigenvalue weighted by Gasteiger charge is 2.40. The summed E-state index contributed by atoms with van der Waals surface area (Å²) in [6, 6.07) is 15.9. The molecule has 6 nitrogen and oxygen atoms in total. The fraction of sp³-hybridized carbons (Fsp3) is 0.345. The van der Waals surface area contributed by atoms with E-state index in [1.54, 1.807) is 12.1 Å². The molecule has 0 radical (unpaired) electrons. The molecule has 0 unspecified atom stereocenters. The number of carbonyl (C=O) groups excluding carboxylic acids is 1. The van der Waals surface area contributed by atoms with E-state index in [1.165, 1.54) is 18.2 Å². The molecule has 0 aromatic heterocycles. The Balaban J connectivity index is 1.53. The first kappa shape index (κ1) is 27.2. The number of sulfonamides is 1. The molecule has 3 aromatic rings. The Hall–Kier alpha value is -3.37. The summed E-state index contributed by atoms with van der Waals surface area (Å²) in [5, 5.41) is 2.70. The fourth-order valence-corrected chi connectivity index (χ4v) is 6.82. The first-order valence-corrected chi connectivity index (χ1v) is 14.4. The third-order valence-corrected chi connectivity index (χ3v) is 9.28. The van der Waals surface area contributed by atoms with Crippen molar-refractivity contribution in [1.29, 1.82) is 0 Å². The average molecular weight is 558 g/mol. The number of nitrogens with one attached hydrogen (secondary N) is 1. The Morgan fingerprint density at radius 3 is 2.26 bits per heavy atom. The number of carbonyl (C=O) groups is 1. The summed E-state index contributed by atoms with van der Waals surface area (Å²) in [6.45, 7) is 3.16. The van der Waals surface area contributed by atoms with Crippen molar-refractivity contribution < 1.29 is 26.4 Å². The fourth-order valence-electron chi connectivity index (χ4n) is 5.26. The summed E-state index contributed by atoms with van der Waals surface area (Å²) in [5.74, 6) is -0.669. The SMILES string of the molecule is Cc1ccc(S(=O)(=O)N2Cc3ccccc3C[C@H]2C(=O)Nc2cc(C(F)(F)F)ccc2N2CCCCC2)cc1. The highest BCUT2D eigenvalue weighted by Crippen LogP contribution is 2.37. The van der Waals surface area contributed by atoms with E-state index in [0.717, 1.165) is 52.4 Å². The largest absolute Gasteiger partial charge is 0.416 e. The van der Waals surface area contributed by atoms with Crippen molar-refractivity contribution in [3.63, 3.8) is 0 Å². The van der Waals surface area contributed by atoms with Crippen LogP contribution >= 0.6 is 0 Å². The lowest BCUT2D eigenvalue weighted by Crippen LogP contribution is -2.50. The number of fused-ring (bicyclic) bond motifs is 1. The number of hydrogen-bond donors (Lipinski definition) is 1. The number of aryl methyl sites for hydroxylation is 1. The Labute approximate surface area is 226 Å². The van der Waals surface area contributed by atoms with Crippen LogP contribution in [0, 0.1) is 6.92 Å². The van der Waals surface area contributed by atoms with Gasteiger partial charge in [0.1, 0.15) is 6.04 Å². The topological polar surface area (TPSA) is 69.7 Å². The lowest BCUT2D eigenvalue weighted by molar-refractivity contribution is -0.137. The number of amides is 1. The van der Waals surface area contributed by atoms with Gasteiger partial charge in [-0.25, -0.2) is 8.42 Å². The number of alkyl halides is 3. The van der Waals surface area contributed by atoms with E-state index in [9.17, 15) is 26.4 Å². The van der Waals surface area contributed by atoms with E-state index in [2.05, 4.69) is 5.32 Å². The lowest BCUT2D eigenvalue weighted by atomic mass is 9.95. The van der Waals surface area contributed by atoms with Gasteiger partial charge in [-0.3, -0.25) is 4.79 Å². The number of rotatable bonds is 5. The van der Waals surface area contributed by atoms with Gasteiger partial charge in [0, 0.05) is 19.6 Å². The molecule has 1 atom stereocenters. The van der Waals surface area contributed by atoms with Gasteiger partial charge in [0.25, 0.3) is 0 Å². The van der Waals surface area contributed by atoms with Crippen molar-refractivity contribution in [2.45, 2.75) is 56.3 Å². The highest BCUT2D eigenvalue weighted by atomic mass is 32.2. The van der Waals surface area contributed by atoms with E-state index in [0.29, 0.717) is 18.8 Å². The number of nitrogens with zero attached hydrogens (tertiary/aromatic N) is 2. The molecule has 2 heterocycles. The molecule has 1 amide bonds. The van der Waals surface area contributed by atoms with Crippen molar-refractivity contribution >= 4 is 27.3 Å². The summed E-state index contributed by atoms with van der Waals surface area (Å²) in [7, 11) is -4.09. The van der Waals surface area contributed by atoms with Crippen LogP contribution in [0.15, 0.2) is 71.6 Å². The molecule has 5 rings (SSSR count). The molecular weight excluding hydrogens is 527 g/mol. The molecule has 3 aromatic carbocycles. The van der Waals surface area contributed by atoms with Crippen LogP contribution in [0.1, 0.15) is 41.5 Å². The Bertz CT molecular complexity index is 1470. The maximum Gasteiger partial charge on any atom is 0.416 e. The van der Waals surface area contributed by atoms with Crippen LogP contribution in [-0.4, -0.2) is 37.8 Å². The summed E-state index contributed by atoms with van der Waals surface area (Å²) < 4.78 is 69.5. The molecule has 39 heavy (non-hydrogen) atoms. The van der Waals surface area contributed by atoms with E-state index < -0.39 is 33.7 Å². The van der Waals surface area contributed by atoms with Crippen LogP contribution in [0.4, 0.5) is 24.5 Å². The normalized spacial score (nSPS) is 18.5. The van der Waals surface area contributed by atoms with Gasteiger partial charge in [-0.05, 0) is 74.1 Å². The van der Waals surface area contributed by atoms with Crippen LogP contribution in [0.5, 0.6) is 0 Å². The first-order valence-electron chi connectivity index (χ1n) is 13.0. The van der Waals surface area contributed by atoms with Gasteiger partial charge in [0.2, 0.25) is 15.9 Å². The second-order valence-electron chi connectivity index (χ2n) is 10.1. The monoisotopic (exact) mass is 557 g/mol. The molecule has 0 bridgehead atoms. The minimum Gasteiger partial charge on any atom is -0.370 e. The number of benzene rings is 3. The zero-order chi connectivity index (χ0) is 27.8. The second kappa shape index (κ2) is 10.7. The van der Waals surface area contributed by atoms with Crippen molar-refractivity contribution in [2.75, 3.05) is 23.3 Å². The number of hydrogen-bond acceptors (Lipinski definition) is 4. The molecule has 2 aliphatic rings. The minimum atomic E-state index is -4.59. The Morgan fingerprint density at radius 1 is 0.923 bits per heavy atom. The summed E-state index contributed by atoms with van der Waals surface area (Å²) in [6.07, 6.45) is -1.66. The highest BCUT2D eigenvalue weighted by molar-refractivity contribution is 7.89. The summed E-state index contributed by atoms with van der Waals surface area (Å²) in [4.78, 5) is 15.8. The first-order chi connectivity index (χ1) is 18.5. The zero-order valence-corrected chi connectivity index (χ0v) is 22.4. The van der Waals surface area contributed by atoms with Crippen molar-refractivity contribution in [2.24, 2.45) is 0 Å². The third-order valence-electron chi connectivity index (χ3n) is 7.41. The van der Waals surface area contributed by atoms with Crippen molar-refractivity contribution in [3.05, 3.63) is 89.0 Å². The average Bonchev–Trinajstić information content (AvgIpc) is 2.92. The summed E-state index contributed by atoms with van der Waals surface area (Å²) in [5.41, 5.74) is 2.15. The number of piperidine rings is 1. The minimum absolute atomic E-state index is 0.0218. The van der Waals surface area contributed by atoms with Gasteiger partial charge in [-0.1, -0.05) is 42.0 Å². The molecular formula is C29H30F3N3O3S. The predicted molar refractivity (Wildman–Crippen MR) is 144 cm³/mol. The smallest absolute Gasteiger partial charge is 0.370 e. The van der Waals surface area contributed by atoms with Crippen LogP contribution in [0.25, 0.3) is 0 Å². The Morgan fingerprint density at radius 2 is 1.59 bits per heavy atom. The van der Waals surface area contributed by atoms with Gasteiger partial charge in [-0.15, -0.1) is 0 Å². The Kier molecular flexibility index (Phi) is 7.43. The number of anilines is 2. The predicted octanol–water partition coefficient (Wildman–Crippen LogP) is 5.76. The molecule has 2 aliphatic heterocycles.